The van der Waals surface area contributed by atoms with Crippen molar-refractivity contribution in [2.24, 2.45) is 11.3 Å². The molecule has 1 fully saturated rings. The predicted octanol–water partition coefficient (Wildman–Crippen LogP) is 1.50. The first-order valence-electron chi connectivity index (χ1n) is 11.6. The number of Topliss-reactive ketones (excluding diaryl/α,β-unsaturated/α-hetero) is 1. The molecule has 0 aliphatic carbocycles. The summed E-state index contributed by atoms with van der Waals surface area (Å²) in [5, 5.41) is 3.05. The summed E-state index contributed by atoms with van der Waals surface area (Å²) < 4.78 is 27.3. The van der Waals surface area contributed by atoms with E-state index in [0.717, 1.165) is 6.54 Å². The Hall–Kier alpha value is -2.30. The molecule has 0 unspecified atom stereocenters. The maximum atomic E-state index is 12.6. The third kappa shape index (κ3) is 8.48. The van der Waals surface area contributed by atoms with Crippen LogP contribution in [0.3, 0.4) is 0 Å². The van der Waals surface area contributed by atoms with E-state index in [9.17, 15) is 22.8 Å². The lowest BCUT2D eigenvalue weighted by Crippen LogP contribution is -2.46. The average Bonchev–Trinajstić information content (AvgIpc) is 2.76. The van der Waals surface area contributed by atoms with Crippen molar-refractivity contribution in [3.63, 3.8) is 0 Å². The molecule has 0 saturated carbocycles. The Morgan fingerprint density at radius 2 is 1.68 bits per heavy atom. The Balaban J connectivity index is 1.75. The van der Waals surface area contributed by atoms with Crippen LogP contribution in [-0.4, -0.2) is 82.6 Å². The minimum Gasteiger partial charge on any atom is -0.355 e. The molecule has 10 heteroatoms. The highest BCUT2D eigenvalue weighted by molar-refractivity contribution is 7.89. The molecular formula is C24H38N4O5S. The summed E-state index contributed by atoms with van der Waals surface area (Å²) in [6.07, 6.45) is 1.24. The Morgan fingerprint density at radius 3 is 2.21 bits per heavy atom. The van der Waals surface area contributed by atoms with Crippen molar-refractivity contribution in [2.75, 3.05) is 46.8 Å². The van der Waals surface area contributed by atoms with Gasteiger partial charge in [0, 0.05) is 50.6 Å². The molecule has 0 bridgehead atoms. The van der Waals surface area contributed by atoms with Crippen LogP contribution in [0.4, 0.5) is 0 Å². The van der Waals surface area contributed by atoms with Gasteiger partial charge in [-0.2, -0.15) is 0 Å². The second kappa shape index (κ2) is 11.9. The van der Waals surface area contributed by atoms with Crippen molar-refractivity contribution in [1.29, 1.82) is 0 Å². The lowest BCUT2D eigenvalue weighted by atomic mass is 9.91. The van der Waals surface area contributed by atoms with E-state index in [0.29, 0.717) is 38.0 Å². The minimum absolute atomic E-state index is 0.0169. The zero-order valence-corrected chi connectivity index (χ0v) is 21.7. The van der Waals surface area contributed by atoms with Crippen molar-refractivity contribution in [3.8, 4) is 0 Å². The molecule has 0 spiro atoms. The zero-order valence-electron chi connectivity index (χ0n) is 20.9. The van der Waals surface area contributed by atoms with Crippen LogP contribution in [0.1, 0.15) is 50.4 Å². The van der Waals surface area contributed by atoms with E-state index in [1.54, 1.807) is 4.90 Å². The molecule has 2 rings (SSSR count). The molecule has 0 radical (unpaired) electrons. The highest BCUT2D eigenvalue weighted by Gasteiger charge is 2.28. The molecule has 2 N–H and O–H groups in total. The van der Waals surface area contributed by atoms with Gasteiger partial charge in [-0.1, -0.05) is 26.0 Å². The number of carbonyl (C=O) groups is 3. The molecule has 1 aromatic carbocycles. The van der Waals surface area contributed by atoms with Gasteiger partial charge in [0.15, 0.2) is 5.78 Å². The molecule has 1 saturated heterocycles. The number of hydrogen-bond donors (Lipinski definition) is 2. The van der Waals surface area contributed by atoms with Gasteiger partial charge in [-0.05, 0) is 51.4 Å². The van der Waals surface area contributed by atoms with Gasteiger partial charge in [0.1, 0.15) is 0 Å². The van der Waals surface area contributed by atoms with Crippen LogP contribution in [-0.2, 0) is 19.6 Å². The first-order chi connectivity index (χ1) is 15.8. The van der Waals surface area contributed by atoms with E-state index in [4.69, 9.17) is 0 Å². The maximum Gasteiger partial charge on any atom is 0.240 e. The molecule has 0 atom stereocenters. The summed E-state index contributed by atoms with van der Waals surface area (Å²) in [7, 11) is 0.253. The largest absolute Gasteiger partial charge is 0.355 e. The fraction of sp³-hybridized carbons (Fsp3) is 0.625. The number of piperidine rings is 1. The fourth-order valence-electron chi connectivity index (χ4n) is 4.18. The van der Waals surface area contributed by atoms with Gasteiger partial charge in [0.2, 0.25) is 21.8 Å². The predicted molar refractivity (Wildman–Crippen MR) is 131 cm³/mol. The van der Waals surface area contributed by atoms with Crippen molar-refractivity contribution >= 4 is 27.6 Å². The molecule has 1 aliphatic heterocycles. The second-order valence-electron chi connectivity index (χ2n) is 10.0. The highest BCUT2D eigenvalue weighted by atomic mass is 32.2. The first kappa shape index (κ1) is 27.9. The van der Waals surface area contributed by atoms with Gasteiger partial charge in [-0.15, -0.1) is 0 Å². The Morgan fingerprint density at radius 1 is 1.09 bits per heavy atom. The van der Waals surface area contributed by atoms with E-state index in [-0.39, 0.29) is 46.8 Å². The van der Waals surface area contributed by atoms with E-state index in [1.807, 2.05) is 14.1 Å². The van der Waals surface area contributed by atoms with Crippen molar-refractivity contribution in [3.05, 3.63) is 29.8 Å². The van der Waals surface area contributed by atoms with Crippen molar-refractivity contribution in [2.45, 2.75) is 44.9 Å². The van der Waals surface area contributed by atoms with E-state index in [2.05, 4.69) is 28.8 Å². The van der Waals surface area contributed by atoms with Gasteiger partial charge in [0.25, 0.3) is 0 Å². The van der Waals surface area contributed by atoms with Crippen molar-refractivity contribution in [1.82, 2.24) is 19.8 Å². The number of likely N-dealkylation sites (tertiary alicyclic amines) is 1. The SMILES string of the molecule is CC(=O)c1ccc(S(=O)(=O)NCCC(=O)N2CCC(C(=O)NCC(C)(C)CN(C)C)CC2)cc1. The van der Waals surface area contributed by atoms with Crippen LogP contribution in [0.5, 0.6) is 0 Å². The van der Waals surface area contributed by atoms with Gasteiger partial charge in [-0.3, -0.25) is 14.4 Å². The Kier molecular flexibility index (Phi) is 9.78. The van der Waals surface area contributed by atoms with E-state index >= 15 is 0 Å². The lowest BCUT2D eigenvalue weighted by Gasteiger charge is -2.33. The summed E-state index contributed by atoms with van der Waals surface area (Å²) in [6.45, 7) is 8.06. The fourth-order valence-corrected chi connectivity index (χ4v) is 5.21. The van der Waals surface area contributed by atoms with Crippen LogP contribution >= 0.6 is 0 Å². The number of ketones is 1. The molecule has 34 heavy (non-hydrogen) atoms. The molecule has 1 heterocycles. The number of amides is 2. The van der Waals surface area contributed by atoms with Crippen molar-refractivity contribution < 1.29 is 22.8 Å². The first-order valence-corrected chi connectivity index (χ1v) is 13.1. The summed E-state index contributed by atoms with van der Waals surface area (Å²) in [4.78, 5) is 40.3. The third-order valence-corrected chi connectivity index (χ3v) is 7.38. The average molecular weight is 495 g/mol. The number of nitrogens with one attached hydrogen (secondary N) is 2. The molecular weight excluding hydrogens is 456 g/mol. The number of hydrogen-bond acceptors (Lipinski definition) is 6. The standard InChI is InChI=1S/C24H38N4O5S/c1-18(29)19-6-8-21(9-7-19)34(32,33)26-13-10-22(30)28-14-11-20(12-15-28)23(31)25-16-24(2,3)17-27(4)5/h6-9,20,26H,10-17H2,1-5H3,(H,25,31). The van der Waals surface area contributed by atoms with Crippen LogP contribution < -0.4 is 10.0 Å². The Labute approximate surface area is 203 Å². The van der Waals surface area contributed by atoms with Crippen LogP contribution in [0.15, 0.2) is 29.2 Å². The highest BCUT2D eigenvalue weighted by Crippen LogP contribution is 2.20. The minimum atomic E-state index is -3.76. The topological polar surface area (TPSA) is 116 Å². The second-order valence-corrected chi connectivity index (χ2v) is 11.8. The summed E-state index contributed by atoms with van der Waals surface area (Å²) in [6, 6.07) is 5.67. The normalized spacial score (nSPS) is 15.4. The maximum absolute atomic E-state index is 12.6. The smallest absolute Gasteiger partial charge is 0.240 e. The molecule has 0 aromatic heterocycles. The molecule has 2 amide bonds. The number of nitrogens with zero attached hydrogens (tertiary/aromatic N) is 2. The molecule has 9 nitrogen and oxygen atoms in total. The van der Waals surface area contributed by atoms with Gasteiger partial charge in [0.05, 0.1) is 4.90 Å². The van der Waals surface area contributed by atoms with E-state index in [1.165, 1.54) is 31.2 Å². The van der Waals surface area contributed by atoms with E-state index < -0.39 is 10.0 Å². The van der Waals surface area contributed by atoms with Crippen LogP contribution in [0.25, 0.3) is 0 Å². The zero-order chi connectivity index (χ0) is 25.5. The quantitative estimate of drug-likeness (QED) is 0.451. The number of sulfonamides is 1. The number of rotatable bonds is 11. The van der Waals surface area contributed by atoms with Gasteiger partial charge >= 0.3 is 0 Å². The van der Waals surface area contributed by atoms with Crippen LogP contribution in [0.2, 0.25) is 0 Å². The summed E-state index contributed by atoms with van der Waals surface area (Å²) in [5.74, 6) is -0.365. The third-order valence-electron chi connectivity index (χ3n) is 5.91. The Bertz CT molecular complexity index is 966. The van der Waals surface area contributed by atoms with Crippen LogP contribution in [0, 0.1) is 11.3 Å². The number of carbonyl (C=O) groups excluding carboxylic acids is 3. The summed E-state index contributed by atoms with van der Waals surface area (Å²) in [5.41, 5.74) is 0.405. The monoisotopic (exact) mass is 494 g/mol. The lowest BCUT2D eigenvalue weighted by molar-refractivity contribution is -0.135. The molecule has 1 aliphatic rings. The number of benzene rings is 1. The molecule has 190 valence electrons. The van der Waals surface area contributed by atoms with Gasteiger partial charge < -0.3 is 15.1 Å². The summed E-state index contributed by atoms with van der Waals surface area (Å²) >= 11 is 0. The molecule has 1 aromatic rings. The van der Waals surface area contributed by atoms with Gasteiger partial charge in [-0.25, -0.2) is 13.1 Å².